The van der Waals surface area contributed by atoms with Crippen LogP contribution in [-0.4, -0.2) is 0 Å². The molecule has 0 amide bonds. The van der Waals surface area contributed by atoms with Crippen LogP contribution in [0.2, 0.25) is 0 Å². The average Bonchev–Trinajstić information content (AvgIpc) is 2.31. The zero-order valence-corrected chi connectivity index (χ0v) is 10.0. The van der Waals surface area contributed by atoms with Crippen LogP contribution in [0.4, 0.5) is 0 Å². The van der Waals surface area contributed by atoms with Gasteiger partial charge in [-0.1, -0.05) is 31.1 Å². The van der Waals surface area contributed by atoms with Crippen molar-refractivity contribution in [3.63, 3.8) is 0 Å². The van der Waals surface area contributed by atoms with Crippen LogP contribution >= 0.6 is 0 Å². The van der Waals surface area contributed by atoms with Crippen LogP contribution < -0.4 is 0 Å². The molecule has 0 N–H and O–H groups in total. The molecular weight excluding hydrogens is 196 g/mol. The molecular formula is C14H16N2. The second-order valence-corrected chi connectivity index (χ2v) is 4.03. The molecule has 2 nitrogen and oxygen atoms in total. The van der Waals surface area contributed by atoms with E-state index >= 15 is 0 Å². The van der Waals surface area contributed by atoms with Gasteiger partial charge < -0.3 is 0 Å². The van der Waals surface area contributed by atoms with Gasteiger partial charge in [0.1, 0.15) is 0 Å². The highest BCUT2D eigenvalue weighted by molar-refractivity contribution is 5.53. The molecule has 2 heteroatoms. The minimum Gasteiger partial charge on any atom is -0.226 e. The monoisotopic (exact) mass is 212 g/mol. The molecule has 0 saturated heterocycles. The molecule has 1 atom stereocenters. The van der Waals surface area contributed by atoms with E-state index in [2.05, 4.69) is 24.8 Å². The zero-order chi connectivity index (χ0) is 12.1. The van der Waals surface area contributed by atoms with E-state index in [-0.39, 0.29) is 5.70 Å². The van der Waals surface area contributed by atoms with Gasteiger partial charge in [-0.25, -0.2) is 10.1 Å². The number of rotatable bonds is 1. The molecule has 0 radical (unpaired) electrons. The fraction of sp³-hybridized carbons (Fsp3) is 0.429. The topological polar surface area (TPSA) is 28.1 Å². The summed E-state index contributed by atoms with van der Waals surface area (Å²) in [6, 6.07) is 2.02. The molecule has 0 aliphatic heterocycles. The molecule has 1 aliphatic carbocycles. The number of allylic oxidation sites excluding steroid dienone is 6. The Labute approximate surface area is 97.4 Å². The lowest BCUT2D eigenvalue weighted by Crippen LogP contribution is -2.12. The highest BCUT2D eigenvalue weighted by Crippen LogP contribution is 2.37. The standard InChI is InChI=1S/C14H16N2/c1-5-11-7-10(3)8-12(6-2)14(11)13(9-15)16-4/h5,7,12H,6,8H2,1-3H3/b11-5+,14-13-. The van der Waals surface area contributed by atoms with Crippen molar-refractivity contribution in [3.8, 4) is 6.07 Å². The van der Waals surface area contributed by atoms with Crippen LogP contribution in [0.25, 0.3) is 4.85 Å². The van der Waals surface area contributed by atoms with Gasteiger partial charge in [0.15, 0.2) is 0 Å². The molecule has 82 valence electrons. The maximum Gasteiger partial charge on any atom is 0.265 e. The van der Waals surface area contributed by atoms with Crippen molar-refractivity contribution >= 4 is 0 Å². The van der Waals surface area contributed by atoms with Gasteiger partial charge >= 0.3 is 0 Å². The summed E-state index contributed by atoms with van der Waals surface area (Å²) < 4.78 is 0. The number of hydrogen-bond donors (Lipinski definition) is 0. The third-order valence-electron chi connectivity index (χ3n) is 2.97. The van der Waals surface area contributed by atoms with Crippen molar-refractivity contribution in [2.24, 2.45) is 5.92 Å². The van der Waals surface area contributed by atoms with Gasteiger partial charge in [-0.3, -0.25) is 0 Å². The van der Waals surface area contributed by atoms with Crippen LogP contribution in [0.15, 0.2) is 34.6 Å². The van der Waals surface area contributed by atoms with E-state index in [1.54, 1.807) is 0 Å². The number of hydrogen-bond acceptors (Lipinski definition) is 1. The Balaban J connectivity index is 3.40. The third-order valence-corrected chi connectivity index (χ3v) is 2.97. The minimum absolute atomic E-state index is 0.253. The van der Waals surface area contributed by atoms with Crippen molar-refractivity contribution in [1.29, 1.82) is 5.26 Å². The lowest BCUT2D eigenvalue weighted by atomic mass is 9.79. The number of nitrogens with zero attached hydrogens (tertiary/aromatic N) is 2. The van der Waals surface area contributed by atoms with Crippen LogP contribution in [0.3, 0.4) is 0 Å². The first-order valence-corrected chi connectivity index (χ1v) is 5.53. The molecule has 0 aromatic carbocycles. The molecule has 0 spiro atoms. The SMILES string of the molecule is [C-]#[N+]/C(C#N)=C1/C(=C/C)C=C(C)CC1CC. The molecule has 1 aliphatic rings. The third kappa shape index (κ3) is 2.23. The zero-order valence-electron chi connectivity index (χ0n) is 10.0. The Morgan fingerprint density at radius 1 is 1.75 bits per heavy atom. The Bertz CT molecular complexity index is 434. The molecule has 0 aromatic heterocycles. The second kappa shape index (κ2) is 5.33. The van der Waals surface area contributed by atoms with Crippen molar-refractivity contribution in [3.05, 3.63) is 46.0 Å². The Morgan fingerprint density at radius 2 is 2.44 bits per heavy atom. The first-order chi connectivity index (χ1) is 7.67. The summed E-state index contributed by atoms with van der Waals surface area (Å²) in [6.07, 6.45) is 6.01. The molecule has 0 aromatic rings. The first-order valence-electron chi connectivity index (χ1n) is 5.53. The van der Waals surface area contributed by atoms with E-state index in [9.17, 15) is 0 Å². The predicted molar refractivity (Wildman–Crippen MR) is 65.2 cm³/mol. The van der Waals surface area contributed by atoms with E-state index in [0.29, 0.717) is 5.92 Å². The van der Waals surface area contributed by atoms with Gasteiger partial charge in [0.2, 0.25) is 0 Å². The van der Waals surface area contributed by atoms with E-state index in [4.69, 9.17) is 11.8 Å². The molecule has 0 fully saturated rings. The average molecular weight is 212 g/mol. The summed E-state index contributed by atoms with van der Waals surface area (Å²) in [5, 5.41) is 9.00. The highest BCUT2D eigenvalue weighted by Gasteiger charge is 2.23. The van der Waals surface area contributed by atoms with Crippen LogP contribution in [0.5, 0.6) is 0 Å². The van der Waals surface area contributed by atoms with Crippen molar-refractivity contribution in [2.75, 3.05) is 0 Å². The summed E-state index contributed by atoms with van der Waals surface area (Å²) >= 11 is 0. The fourth-order valence-corrected chi connectivity index (χ4v) is 2.19. The van der Waals surface area contributed by atoms with E-state index in [1.807, 2.05) is 19.1 Å². The van der Waals surface area contributed by atoms with E-state index in [0.717, 1.165) is 24.0 Å². The van der Waals surface area contributed by atoms with Gasteiger partial charge in [0.25, 0.3) is 5.70 Å². The van der Waals surface area contributed by atoms with Gasteiger partial charge in [-0.15, -0.1) is 0 Å². The number of nitriles is 1. The quantitative estimate of drug-likeness (QED) is 0.477. The van der Waals surface area contributed by atoms with Crippen LogP contribution in [0.1, 0.15) is 33.6 Å². The largest absolute Gasteiger partial charge is 0.265 e. The van der Waals surface area contributed by atoms with Crippen molar-refractivity contribution in [1.82, 2.24) is 0 Å². The lowest BCUT2D eigenvalue weighted by Gasteiger charge is -2.26. The van der Waals surface area contributed by atoms with Gasteiger partial charge in [-0.2, -0.15) is 0 Å². The van der Waals surface area contributed by atoms with Crippen molar-refractivity contribution < 1.29 is 0 Å². The summed E-state index contributed by atoms with van der Waals surface area (Å²) in [4.78, 5) is 3.35. The lowest BCUT2D eigenvalue weighted by molar-refractivity contribution is 0.579. The molecule has 1 unspecified atom stereocenters. The van der Waals surface area contributed by atoms with E-state index in [1.165, 1.54) is 5.57 Å². The normalized spacial score (nSPS) is 25.7. The summed E-state index contributed by atoms with van der Waals surface area (Å²) in [6.45, 7) is 13.2. The molecule has 0 bridgehead atoms. The minimum atomic E-state index is 0.253. The molecule has 16 heavy (non-hydrogen) atoms. The van der Waals surface area contributed by atoms with Gasteiger partial charge in [0.05, 0.1) is 12.6 Å². The molecule has 1 rings (SSSR count). The molecule has 0 heterocycles. The summed E-state index contributed by atoms with van der Waals surface area (Å²) in [5.41, 5.74) is 3.56. The van der Waals surface area contributed by atoms with Crippen molar-refractivity contribution in [2.45, 2.75) is 33.6 Å². The Kier molecular flexibility index (Phi) is 4.09. The predicted octanol–water partition coefficient (Wildman–Crippen LogP) is 4.01. The van der Waals surface area contributed by atoms with Gasteiger partial charge in [-0.05, 0) is 37.3 Å². The second-order valence-electron chi connectivity index (χ2n) is 4.03. The van der Waals surface area contributed by atoms with E-state index < -0.39 is 0 Å². The smallest absolute Gasteiger partial charge is 0.226 e. The van der Waals surface area contributed by atoms with Crippen LogP contribution in [-0.2, 0) is 0 Å². The fourth-order valence-electron chi connectivity index (χ4n) is 2.19. The Morgan fingerprint density at radius 3 is 2.88 bits per heavy atom. The first kappa shape index (κ1) is 12.3. The van der Waals surface area contributed by atoms with Crippen LogP contribution in [0, 0.1) is 23.8 Å². The maximum atomic E-state index is 9.00. The van der Waals surface area contributed by atoms with Gasteiger partial charge in [0, 0.05) is 0 Å². The Hall–Kier alpha value is -1.80. The summed E-state index contributed by atoms with van der Waals surface area (Å²) in [5.74, 6) is 0.319. The molecule has 0 saturated carbocycles. The summed E-state index contributed by atoms with van der Waals surface area (Å²) in [7, 11) is 0. The highest BCUT2D eigenvalue weighted by atomic mass is 14.7. The maximum absolute atomic E-state index is 9.00.